The second kappa shape index (κ2) is 7.79. The summed E-state index contributed by atoms with van der Waals surface area (Å²) in [6.45, 7) is 0. The molecule has 0 radical (unpaired) electrons. The van der Waals surface area contributed by atoms with E-state index in [1.165, 1.54) is 24.3 Å². The van der Waals surface area contributed by atoms with Crippen LogP contribution < -0.4 is 5.32 Å². The molecule has 0 bridgehead atoms. The molecule has 0 aliphatic carbocycles. The van der Waals surface area contributed by atoms with Gasteiger partial charge >= 0.3 is 5.51 Å². The molecule has 0 aliphatic rings. The van der Waals surface area contributed by atoms with Crippen molar-refractivity contribution in [1.29, 1.82) is 0 Å². The Kier molecular flexibility index (Phi) is 6.71. The van der Waals surface area contributed by atoms with Crippen molar-refractivity contribution in [3.05, 3.63) is 24.3 Å². The van der Waals surface area contributed by atoms with E-state index in [1.54, 1.807) is 0 Å². The van der Waals surface area contributed by atoms with Crippen LogP contribution in [0.15, 0.2) is 29.2 Å². The summed E-state index contributed by atoms with van der Waals surface area (Å²) < 4.78 is 36.3. The molecule has 1 rings (SSSR count). The number of alkyl halides is 4. The summed E-state index contributed by atoms with van der Waals surface area (Å²) in [6.07, 6.45) is 2.10. The van der Waals surface area contributed by atoms with Gasteiger partial charge in [0.1, 0.15) is 0 Å². The second-order valence-corrected chi connectivity index (χ2v) is 5.70. The lowest BCUT2D eigenvalue weighted by molar-refractivity contribution is -0.116. The third kappa shape index (κ3) is 7.47. The molecule has 7 heteroatoms. The van der Waals surface area contributed by atoms with Crippen LogP contribution in [0.5, 0.6) is 0 Å². The summed E-state index contributed by atoms with van der Waals surface area (Å²) in [7, 11) is 0. The van der Waals surface area contributed by atoms with Gasteiger partial charge in [0.25, 0.3) is 0 Å². The third-order valence-electron chi connectivity index (χ3n) is 2.16. The number of amides is 1. The van der Waals surface area contributed by atoms with E-state index in [4.69, 9.17) is 0 Å². The average Bonchev–Trinajstić information content (AvgIpc) is 2.30. The zero-order chi connectivity index (χ0) is 14.3. The highest BCUT2D eigenvalue weighted by Crippen LogP contribution is 2.36. The number of thioether (sulfide) groups is 1. The Labute approximate surface area is 122 Å². The van der Waals surface area contributed by atoms with E-state index in [0.29, 0.717) is 12.1 Å². The first-order valence-electron chi connectivity index (χ1n) is 5.62. The fourth-order valence-corrected chi connectivity index (χ4v) is 2.28. The average molecular weight is 356 g/mol. The molecule has 106 valence electrons. The number of nitrogens with one attached hydrogen (secondary N) is 1. The fourth-order valence-electron chi connectivity index (χ4n) is 1.34. The maximum atomic E-state index is 12.1. The Morgan fingerprint density at radius 3 is 2.37 bits per heavy atom. The van der Waals surface area contributed by atoms with Crippen LogP contribution in [-0.4, -0.2) is 16.7 Å². The van der Waals surface area contributed by atoms with E-state index >= 15 is 0 Å². The second-order valence-electron chi connectivity index (χ2n) is 3.77. The van der Waals surface area contributed by atoms with E-state index in [0.717, 1.165) is 18.2 Å². The predicted octanol–water partition coefficient (Wildman–Crippen LogP) is 4.80. The van der Waals surface area contributed by atoms with E-state index in [-0.39, 0.29) is 22.6 Å². The number of unbranched alkanes of at least 4 members (excludes halogenated alkanes) is 1. The lowest BCUT2D eigenvalue weighted by Crippen LogP contribution is -2.11. The van der Waals surface area contributed by atoms with Gasteiger partial charge in [0.15, 0.2) is 0 Å². The predicted molar refractivity (Wildman–Crippen MR) is 74.6 cm³/mol. The van der Waals surface area contributed by atoms with Gasteiger partial charge in [-0.2, -0.15) is 13.2 Å². The van der Waals surface area contributed by atoms with Gasteiger partial charge in [0.05, 0.1) is 0 Å². The molecule has 0 atom stereocenters. The maximum absolute atomic E-state index is 12.1. The summed E-state index contributed by atoms with van der Waals surface area (Å²) in [5.41, 5.74) is -3.78. The first-order chi connectivity index (χ1) is 8.90. The van der Waals surface area contributed by atoms with Gasteiger partial charge in [-0.15, -0.1) is 0 Å². The molecule has 0 aromatic heterocycles. The zero-order valence-electron chi connectivity index (χ0n) is 9.97. The quantitative estimate of drug-likeness (QED) is 0.451. The van der Waals surface area contributed by atoms with E-state index < -0.39 is 5.51 Å². The number of hydrogen-bond donors (Lipinski definition) is 1. The summed E-state index contributed by atoms with van der Waals surface area (Å²) in [4.78, 5) is 11.6. The van der Waals surface area contributed by atoms with Crippen LogP contribution in [-0.2, 0) is 4.79 Å². The molecule has 0 saturated heterocycles. The van der Waals surface area contributed by atoms with Crippen molar-refractivity contribution in [3.8, 4) is 0 Å². The van der Waals surface area contributed by atoms with E-state index in [9.17, 15) is 18.0 Å². The van der Waals surface area contributed by atoms with Crippen LogP contribution in [0.25, 0.3) is 0 Å². The summed E-state index contributed by atoms with van der Waals surface area (Å²) in [5, 5.41) is 3.50. The van der Waals surface area contributed by atoms with Crippen molar-refractivity contribution in [2.24, 2.45) is 0 Å². The number of carbonyl (C=O) groups is 1. The molecule has 0 saturated carbocycles. The molecule has 1 aromatic rings. The van der Waals surface area contributed by atoms with Crippen LogP contribution in [0, 0.1) is 0 Å². The molecule has 0 fully saturated rings. The molecule has 19 heavy (non-hydrogen) atoms. The molecule has 0 aliphatic heterocycles. The van der Waals surface area contributed by atoms with Crippen molar-refractivity contribution in [2.45, 2.75) is 29.7 Å². The van der Waals surface area contributed by atoms with Crippen LogP contribution in [0.3, 0.4) is 0 Å². The van der Waals surface area contributed by atoms with Crippen LogP contribution >= 0.6 is 27.7 Å². The normalized spacial score (nSPS) is 11.4. The van der Waals surface area contributed by atoms with Gasteiger partial charge in [-0.05, 0) is 48.9 Å². The standard InChI is InChI=1S/C12H13BrF3NOS/c13-8-2-1-3-11(18)17-9-4-6-10(7-5-9)19-12(14,15)16/h4-7H,1-3,8H2,(H,17,18). The van der Waals surface area contributed by atoms with Crippen LogP contribution in [0.2, 0.25) is 0 Å². The smallest absolute Gasteiger partial charge is 0.326 e. The summed E-state index contributed by atoms with van der Waals surface area (Å²) in [6, 6.07) is 5.62. The first-order valence-corrected chi connectivity index (χ1v) is 7.56. The molecule has 0 spiro atoms. The Balaban J connectivity index is 2.46. The van der Waals surface area contributed by atoms with Crippen LogP contribution in [0.1, 0.15) is 19.3 Å². The molecule has 0 unspecified atom stereocenters. The van der Waals surface area contributed by atoms with E-state index in [2.05, 4.69) is 21.2 Å². The molecular weight excluding hydrogens is 343 g/mol. The molecule has 1 amide bonds. The highest BCUT2D eigenvalue weighted by molar-refractivity contribution is 9.09. The van der Waals surface area contributed by atoms with Gasteiger partial charge in [0, 0.05) is 22.3 Å². The van der Waals surface area contributed by atoms with Gasteiger partial charge in [-0.3, -0.25) is 4.79 Å². The van der Waals surface area contributed by atoms with Gasteiger partial charge in [-0.1, -0.05) is 15.9 Å². The fraction of sp³-hybridized carbons (Fsp3) is 0.417. The first kappa shape index (κ1) is 16.4. The number of carbonyl (C=O) groups excluding carboxylic acids is 1. The van der Waals surface area contributed by atoms with Crippen LogP contribution in [0.4, 0.5) is 18.9 Å². The Morgan fingerprint density at radius 1 is 1.21 bits per heavy atom. The number of halogens is 4. The minimum Gasteiger partial charge on any atom is -0.326 e. The number of benzene rings is 1. The lowest BCUT2D eigenvalue weighted by atomic mass is 10.2. The van der Waals surface area contributed by atoms with E-state index in [1.807, 2.05) is 0 Å². The van der Waals surface area contributed by atoms with Gasteiger partial charge < -0.3 is 5.32 Å². The SMILES string of the molecule is O=C(CCCCBr)Nc1ccc(SC(F)(F)F)cc1. The Hall–Kier alpha value is -0.690. The molecule has 1 aromatic carbocycles. The molecular formula is C12H13BrF3NOS. The minimum absolute atomic E-state index is 0.102. The lowest BCUT2D eigenvalue weighted by Gasteiger charge is -2.07. The maximum Gasteiger partial charge on any atom is 0.446 e. The molecule has 2 nitrogen and oxygen atoms in total. The van der Waals surface area contributed by atoms with Gasteiger partial charge in [0.2, 0.25) is 5.91 Å². The van der Waals surface area contributed by atoms with Crippen molar-refractivity contribution in [3.63, 3.8) is 0 Å². The highest BCUT2D eigenvalue weighted by atomic mass is 79.9. The zero-order valence-corrected chi connectivity index (χ0v) is 12.4. The number of hydrogen-bond acceptors (Lipinski definition) is 2. The van der Waals surface area contributed by atoms with Gasteiger partial charge in [-0.25, -0.2) is 0 Å². The van der Waals surface area contributed by atoms with Crippen molar-refractivity contribution in [2.75, 3.05) is 10.6 Å². The van der Waals surface area contributed by atoms with Crippen molar-refractivity contribution < 1.29 is 18.0 Å². The monoisotopic (exact) mass is 355 g/mol. The Bertz CT molecular complexity index is 408. The molecule has 1 N–H and O–H groups in total. The summed E-state index contributed by atoms with van der Waals surface area (Å²) >= 11 is 3.10. The highest BCUT2D eigenvalue weighted by Gasteiger charge is 2.28. The Morgan fingerprint density at radius 2 is 1.84 bits per heavy atom. The topological polar surface area (TPSA) is 29.1 Å². The van der Waals surface area contributed by atoms with Crippen molar-refractivity contribution >= 4 is 39.3 Å². The summed E-state index contributed by atoms with van der Waals surface area (Å²) in [5.74, 6) is -0.128. The number of anilines is 1. The third-order valence-corrected chi connectivity index (χ3v) is 3.46. The number of rotatable bonds is 6. The minimum atomic E-state index is -4.29. The largest absolute Gasteiger partial charge is 0.446 e. The molecule has 0 heterocycles. The van der Waals surface area contributed by atoms with Crippen molar-refractivity contribution in [1.82, 2.24) is 0 Å².